The van der Waals surface area contributed by atoms with Gasteiger partial charge in [0.05, 0.1) is 5.75 Å². The van der Waals surface area contributed by atoms with Crippen LogP contribution in [0.15, 0.2) is 5.16 Å². The summed E-state index contributed by atoms with van der Waals surface area (Å²) in [5.74, 6) is 0.446. The third-order valence-corrected chi connectivity index (χ3v) is 3.83. The minimum atomic E-state index is -0.851. The number of thioether (sulfide) groups is 1. The second kappa shape index (κ2) is 8.23. The number of carboxylic acid groups (broad SMARTS) is 1. The van der Waals surface area contributed by atoms with Crippen molar-refractivity contribution in [2.75, 3.05) is 44.4 Å². The van der Waals surface area contributed by atoms with E-state index >= 15 is 0 Å². The molecule has 21 heavy (non-hydrogen) atoms. The van der Waals surface area contributed by atoms with Gasteiger partial charge in [-0.1, -0.05) is 25.6 Å². The molecule has 1 aromatic heterocycles. The average molecular weight is 315 g/mol. The highest BCUT2D eigenvalue weighted by Crippen LogP contribution is 2.20. The molecule has 0 radical (unpaired) electrons. The van der Waals surface area contributed by atoms with Crippen molar-refractivity contribution in [3.63, 3.8) is 0 Å². The Kier molecular flexibility index (Phi) is 6.97. The van der Waals surface area contributed by atoms with Crippen molar-refractivity contribution in [1.82, 2.24) is 19.7 Å². The molecular formula is C13H25N5O2S. The molecule has 0 aliphatic heterocycles. The Hall–Kier alpha value is -1.28. The molecule has 0 unspecified atom stereocenters. The van der Waals surface area contributed by atoms with Crippen LogP contribution in [0.2, 0.25) is 0 Å². The number of likely N-dealkylation sites (N-methyl/N-ethyl adjacent to an activating group) is 1. The van der Waals surface area contributed by atoms with Crippen LogP contribution in [0.4, 0.5) is 5.95 Å². The number of aromatic nitrogens is 3. The summed E-state index contributed by atoms with van der Waals surface area (Å²) in [6.07, 6.45) is 0. The maximum atomic E-state index is 10.7. The standard InChI is InChI=1S/C13H25N5O2S/c1-10(2)8-18(7-6-16(3)4)12-14-15-13(17(12)5)21-9-11(19)20/h10H,6-9H2,1-5H3,(H,19,20). The summed E-state index contributed by atoms with van der Waals surface area (Å²) in [6.45, 7) is 7.01. The first-order valence-corrected chi connectivity index (χ1v) is 7.93. The van der Waals surface area contributed by atoms with Crippen LogP contribution in [0.3, 0.4) is 0 Å². The number of hydrogen-bond acceptors (Lipinski definition) is 6. The van der Waals surface area contributed by atoms with Gasteiger partial charge in [-0.15, -0.1) is 10.2 Å². The lowest BCUT2D eigenvalue weighted by Crippen LogP contribution is -2.36. The zero-order chi connectivity index (χ0) is 16.0. The minimum Gasteiger partial charge on any atom is -0.481 e. The molecule has 0 aliphatic rings. The van der Waals surface area contributed by atoms with Gasteiger partial charge >= 0.3 is 5.97 Å². The Balaban J connectivity index is 2.83. The number of carboxylic acids is 1. The molecule has 1 rings (SSSR count). The highest BCUT2D eigenvalue weighted by molar-refractivity contribution is 7.99. The van der Waals surface area contributed by atoms with Crippen LogP contribution in [0, 0.1) is 5.92 Å². The van der Waals surface area contributed by atoms with Gasteiger partial charge in [0.25, 0.3) is 0 Å². The molecule has 0 saturated carbocycles. The van der Waals surface area contributed by atoms with Crippen molar-refractivity contribution < 1.29 is 9.90 Å². The van der Waals surface area contributed by atoms with E-state index in [1.54, 1.807) is 0 Å². The highest BCUT2D eigenvalue weighted by Gasteiger charge is 2.17. The summed E-state index contributed by atoms with van der Waals surface area (Å²) in [7, 11) is 5.96. The lowest BCUT2D eigenvalue weighted by Gasteiger charge is -2.26. The number of hydrogen-bond donors (Lipinski definition) is 1. The van der Waals surface area contributed by atoms with Crippen molar-refractivity contribution in [2.24, 2.45) is 13.0 Å². The van der Waals surface area contributed by atoms with Gasteiger partial charge in [-0.25, -0.2) is 0 Å². The van der Waals surface area contributed by atoms with E-state index in [2.05, 4.69) is 33.8 Å². The quantitative estimate of drug-likeness (QED) is 0.682. The Morgan fingerprint density at radius 3 is 2.52 bits per heavy atom. The van der Waals surface area contributed by atoms with Crippen LogP contribution >= 0.6 is 11.8 Å². The van der Waals surface area contributed by atoms with Crippen LogP contribution in [-0.2, 0) is 11.8 Å². The molecule has 7 nitrogen and oxygen atoms in total. The van der Waals surface area contributed by atoms with E-state index in [9.17, 15) is 4.79 Å². The summed E-state index contributed by atoms with van der Waals surface area (Å²) in [6, 6.07) is 0. The topological polar surface area (TPSA) is 74.5 Å². The zero-order valence-corrected chi connectivity index (χ0v) is 14.2. The van der Waals surface area contributed by atoms with Crippen molar-refractivity contribution >= 4 is 23.7 Å². The summed E-state index contributed by atoms with van der Waals surface area (Å²) in [4.78, 5) is 15.0. The Labute approximate surface area is 130 Å². The van der Waals surface area contributed by atoms with Gasteiger partial charge in [-0.3, -0.25) is 9.36 Å². The number of rotatable bonds is 9. The minimum absolute atomic E-state index is 0.00610. The molecule has 0 spiro atoms. The average Bonchev–Trinajstić information content (AvgIpc) is 2.73. The van der Waals surface area contributed by atoms with Crippen LogP contribution in [0.25, 0.3) is 0 Å². The van der Waals surface area contributed by atoms with Crippen LogP contribution in [-0.4, -0.2) is 70.2 Å². The van der Waals surface area contributed by atoms with Gasteiger partial charge < -0.3 is 14.9 Å². The van der Waals surface area contributed by atoms with Gasteiger partial charge in [-0.2, -0.15) is 0 Å². The molecule has 1 N–H and O–H groups in total. The molecule has 120 valence electrons. The molecule has 0 atom stereocenters. The van der Waals surface area contributed by atoms with Crippen molar-refractivity contribution in [2.45, 2.75) is 19.0 Å². The Morgan fingerprint density at radius 2 is 2.00 bits per heavy atom. The molecular weight excluding hydrogens is 290 g/mol. The predicted octanol–water partition coefficient (Wildman–Crippen LogP) is 1.02. The number of anilines is 1. The zero-order valence-electron chi connectivity index (χ0n) is 13.4. The largest absolute Gasteiger partial charge is 0.481 e. The van der Waals surface area contributed by atoms with Crippen LogP contribution < -0.4 is 4.90 Å². The molecule has 1 heterocycles. The van der Waals surface area contributed by atoms with Gasteiger partial charge in [0.2, 0.25) is 5.95 Å². The summed E-state index contributed by atoms with van der Waals surface area (Å²) in [5.41, 5.74) is 0. The molecule has 0 saturated heterocycles. The lowest BCUT2D eigenvalue weighted by molar-refractivity contribution is -0.133. The molecule has 0 bridgehead atoms. The van der Waals surface area contributed by atoms with Gasteiger partial charge in [0, 0.05) is 26.7 Å². The van der Waals surface area contributed by atoms with Gasteiger partial charge in [-0.05, 0) is 20.0 Å². The molecule has 1 aromatic rings. The normalized spacial score (nSPS) is 11.4. The van der Waals surface area contributed by atoms with Crippen molar-refractivity contribution in [3.05, 3.63) is 0 Å². The van der Waals surface area contributed by atoms with E-state index in [0.717, 1.165) is 25.6 Å². The molecule has 0 amide bonds. The summed E-state index contributed by atoms with van der Waals surface area (Å²) >= 11 is 1.19. The smallest absolute Gasteiger partial charge is 0.313 e. The number of aliphatic carboxylic acids is 1. The summed E-state index contributed by atoms with van der Waals surface area (Å²) in [5, 5.41) is 17.7. The Morgan fingerprint density at radius 1 is 1.33 bits per heavy atom. The maximum Gasteiger partial charge on any atom is 0.313 e. The molecule has 8 heteroatoms. The highest BCUT2D eigenvalue weighted by atomic mass is 32.2. The third kappa shape index (κ3) is 5.92. The van der Waals surface area contributed by atoms with E-state index in [1.165, 1.54) is 11.8 Å². The first-order chi connectivity index (χ1) is 9.81. The number of nitrogens with zero attached hydrogens (tertiary/aromatic N) is 5. The third-order valence-electron chi connectivity index (χ3n) is 2.82. The lowest BCUT2D eigenvalue weighted by atomic mass is 10.2. The second-order valence-electron chi connectivity index (χ2n) is 5.67. The first-order valence-electron chi connectivity index (χ1n) is 6.95. The maximum absolute atomic E-state index is 10.7. The van der Waals surface area contributed by atoms with E-state index in [-0.39, 0.29) is 5.75 Å². The van der Waals surface area contributed by atoms with Crippen LogP contribution in [0.5, 0.6) is 0 Å². The fraction of sp³-hybridized carbons (Fsp3) is 0.769. The van der Waals surface area contributed by atoms with E-state index in [1.807, 2.05) is 25.7 Å². The van der Waals surface area contributed by atoms with Gasteiger partial charge in [0.1, 0.15) is 0 Å². The van der Waals surface area contributed by atoms with E-state index in [4.69, 9.17) is 5.11 Å². The SMILES string of the molecule is CC(C)CN(CCN(C)C)c1nnc(SCC(=O)O)n1C. The second-order valence-corrected chi connectivity index (χ2v) is 6.61. The molecule has 0 aromatic carbocycles. The van der Waals surface area contributed by atoms with E-state index < -0.39 is 5.97 Å². The van der Waals surface area contributed by atoms with Crippen molar-refractivity contribution in [3.8, 4) is 0 Å². The first kappa shape index (κ1) is 17.8. The van der Waals surface area contributed by atoms with Gasteiger partial charge in [0.15, 0.2) is 5.16 Å². The number of carbonyl (C=O) groups is 1. The summed E-state index contributed by atoms with van der Waals surface area (Å²) < 4.78 is 1.87. The van der Waals surface area contributed by atoms with Crippen molar-refractivity contribution in [1.29, 1.82) is 0 Å². The Bertz CT molecular complexity index is 461. The fourth-order valence-corrected chi connectivity index (χ4v) is 2.50. The monoisotopic (exact) mass is 315 g/mol. The van der Waals surface area contributed by atoms with Crippen LogP contribution in [0.1, 0.15) is 13.8 Å². The van der Waals surface area contributed by atoms with E-state index in [0.29, 0.717) is 11.1 Å². The molecule has 0 aliphatic carbocycles. The fourth-order valence-electron chi connectivity index (χ4n) is 1.87. The molecule has 0 fully saturated rings. The predicted molar refractivity (Wildman–Crippen MR) is 85.0 cm³/mol.